The first-order valence-corrected chi connectivity index (χ1v) is 8.00. The monoisotopic (exact) mass is 292 g/mol. The fraction of sp³-hybridized carbons (Fsp3) is 0.467. The van der Waals surface area contributed by atoms with Gasteiger partial charge in [0.15, 0.2) is 0 Å². The zero-order valence-corrected chi connectivity index (χ0v) is 12.7. The Morgan fingerprint density at radius 1 is 1.35 bits per heavy atom. The molecule has 0 spiro atoms. The van der Waals surface area contributed by atoms with E-state index >= 15 is 0 Å². The lowest BCUT2D eigenvalue weighted by atomic mass is 10.0. The summed E-state index contributed by atoms with van der Waals surface area (Å²) in [6.07, 6.45) is 3.43. The largest absolute Gasteiger partial charge is 0.359 e. The van der Waals surface area contributed by atoms with Gasteiger partial charge in [-0.05, 0) is 42.9 Å². The molecule has 1 aromatic rings. The first-order chi connectivity index (χ1) is 9.63. The van der Waals surface area contributed by atoms with Gasteiger partial charge < -0.3 is 10.2 Å². The zero-order chi connectivity index (χ0) is 14.5. The van der Waals surface area contributed by atoms with E-state index in [4.69, 9.17) is 0 Å². The van der Waals surface area contributed by atoms with Crippen LogP contribution < -0.4 is 5.32 Å². The van der Waals surface area contributed by atoms with Crippen molar-refractivity contribution in [1.82, 2.24) is 10.2 Å². The van der Waals surface area contributed by atoms with Crippen molar-refractivity contribution in [3.8, 4) is 0 Å². The van der Waals surface area contributed by atoms with Crippen LogP contribution in [0.25, 0.3) is 0 Å². The molecule has 4 nitrogen and oxygen atoms in total. The number of hydrogen-bond acceptors (Lipinski definition) is 3. The lowest BCUT2D eigenvalue weighted by Crippen LogP contribution is -2.29. The van der Waals surface area contributed by atoms with Crippen LogP contribution in [0.15, 0.2) is 29.2 Å². The molecule has 1 N–H and O–H groups in total. The quantitative estimate of drug-likeness (QED) is 0.864. The molecule has 1 aliphatic rings. The summed E-state index contributed by atoms with van der Waals surface area (Å²) in [7, 11) is 1.65. The summed E-state index contributed by atoms with van der Waals surface area (Å²) < 4.78 is 0. The summed E-state index contributed by atoms with van der Waals surface area (Å²) in [6.45, 7) is 1.42. The molecule has 0 saturated carbocycles. The van der Waals surface area contributed by atoms with Gasteiger partial charge in [-0.25, -0.2) is 0 Å². The maximum absolute atomic E-state index is 12.4. The average molecular weight is 292 g/mol. The van der Waals surface area contributed by atoms with E-state index in [1.54, 1.807) is 18.8 Å². The number of carbonyl (C=O) groups excluding carboxylic acids is 2. The highest BCUT2D eigenvalue weighted by Crippen LogP contribution is 2.22. The number of rotatable bonds is 4. The minimum atomic E-state index is 0.0497. The van der Waals surface area contributed by atoms with Crippen molar-refractivity contribution in [2.75, 3.05) is 26.4 Å². The van der Waals surface area contributed by atoms with Crippen molar-refractivity contribution in [1.29, 1.82) is 0 Å². The molecule has 0 aromatic heterocycles. The molecular weight excluding hydrogens is 272 g/mol. The van der Waals surface area contributed by atoms with Crippen molar-refractivity contribution in [3.05, 3.63) is 29.8 Å². The minimum Gasteiger partial charge on any atom is -0.359 e. The number of benzene rings is 1. The fourth-order valence-electron chi connectivity index (χ4n) is 2.46. The predicted molar refractivity (Wildman–Crippen MR) is 80.9 cm³/mol. The molecule has 1 aliphatic heterocycles. The predicted octanol–water partition coefficient (Wildman–Crippen LogP) is 2.01. The van der Waals surface area contributed by atoms with Crippen LogP contribution >= 0.6 is 11.8 Å². The van der Waals surface area contributed by atoms with Gasteiger partial charge in [-0.1, -0.05) is 0 Å². The van der Waals surface area contributed by atoms with Crippen LogP contribution in [0.1, 0.15) is 23.2 Å². The Hall–Kier alpha value is -1.49. The molecule has 0 aliphatic carbocycles. The highest BCUT2D eigenvalue weighted by atomic mass is 32.2. The SMILES string of the molecule is CNC(=O)C[C@@H]1CCN(C(=O)c2ccc(SC)cc2)C1. The smallest absolute Gasteiger partial charge is 0.253 e. The molecule has 1 fully saturated rings. The van der Waals surface area contributed by atoms with Gasteiger partial charge in [0, 0.05) is 37.0 Å². The van der Waals surface area contributed by atoms with E-state index in [0.29, 0.717) is 13.0 Å². The first-order valence-electron chi connectivity index (χ1n) is 6.78. The number of thioether (sulfide) groups is 1. The van der Waals surface area contributed by atoms with Crippen molar-refractivity contribution in [2.24, 2.45) is 5.92 Å². The van der Waals surface area contributed by atoms with E-state index < -0.39 is 0 Å². The van der Waals surface area contributed by atoms with Crippen molar-refractivity contribution in [3.63, 3.8) is 0 Å². The molecule has 1 atom stereocenters. The fourth-order valence-corrected chi connectivity index (χ4v) is 2.87. The Balaban J connectivity index is 1.95. The standard InChI is InChI=1S/C15H20N2O2S/c1-16-14(18)9-11-7-8-17(10-11)15(19)12-3-5-13(20-2)6-4-12/h3-6,11H,7-10H2,1-2H3,(H,16,18)/t11-/m0/s1. The zero-order valence-electron chi connectivity index (χ0n) is 11.9. The van der Waals surface area contributed by atoms with Crippen LogP contribution in [0.3, 0.4) is 0 Å². The van der Waals surface area contributed by atoms with Gasteiger partial charge in [0.1, 0.15) is 0 Å². The summed E-state index contributed by atoms with van der Waals surface area (Å²) in [5.41, 5.74) is 0.725. The van der Waals surface area contributed by atoms with Gasteiger partial charge in [-0.15, -0.1) is 11.8 Å². The molecule has 108 valence electrons. The number of nitrogens with zero attached hydrogens (tertiary/aromatic N) is 1. The van der Waals surface area contributed by atoms with Crippen LogP contribution in [0.5, 0.6) is 0 Å². The third-order valence-corrected chi connectivity index (χ3v) is 4.41. The lowest BCUT2D eigenvalue weighted by Gasteiger charge is -2.16. The summed E-state index contributed by atoms with van der Waals surface area (Å²) in [5, 5.41) is 2.64. The molecule has 1 saturated heterocycles. The maximum atomic E-state index is 12.4. The van der Waals surface area contributed by atoms with Crippen LogP contribution in [0, 0.1) is 5.92 Å². The summed E-state index contributed by atoms with van der Waals surface area (Å²) in [5.74, 6) is 0.398. The van der Waals surface area contributed by atoms with Crippen LogP contribution in [0.2, 0.25) is 0 Å². The summed E-state index contributed by atoms with van der Waals surface area (Å²) in [6, 6.07) is 7.69. The molecule has 2 amide bonds. The highest BCUT2D eigenvalue weighted by Gasteiger charge is 2.28. The second kappa shape index (κ2) is 6.79. The van der Waals surface area contributed by atoms with Crippen LogP contribution in [-0.4, -0.2) is 43.1 Å². The molecule has 1 heterocycles. The second-order valence-corrected chi connectivity index (χ2v) is 5.89. The molecule has 0 radical (unpaired) electrons. The van der Waals surface area contributed by atoms with Gasteiger partial charge in [-0.3, -0.25) is 9.59 Å². The molecule has 2 rings (SSSR count). The Labute approximate surface area is 123 Å². The molecule has 0 bridgehead atoms. The van der Waals surface area contributed by atoms with Gasteiger partial charge in [0.25, 0.3) is 5.91 Å². The molecular formula is C15H20N2O2S. The van der Waals surface area contributed by atoms with E-state index in [1.807, 2.05) is 35.4 Å². The van der Waals surface area contributed by atoms with E-state index in [0.717, 1.165) is 23.4 Å². The number of likely N-dealkylation sites (tertiary alicyclic amines) is 1. The number of amides is 2. The van der Waals surface area contributed by atoms with Gasteiger partial charge in [-0.2, -0.15) is 0 Å². The molecule has 0 unspecified atom stereocenters. The molecule has 20 heavy (non-hydrogen) atoms. The molecule has 5 heteroatoms. The molecule has 1 aromatic carbocycles. The van der Waals surface area contributed by atoms with E-state index in [9.17, 15) is 9.59 Å². The normalized spacial score (nSPS) is 18.1. The van der Waals surface area contributed by atoms with Crippen molar-refractivity contribution < 1.29 is 9.59 Å². The Morgan fingerprint density at radius 2 is 2.05 bits per heavy atom. The first kappa shape index (κ1) is 14.9. The lowest BCUT2D eigenvalue weighted by molar-refractivity contribution is -0.121. The van der Waals surface area contributed by atoms with Crippen LogP contribution in [0.4, 0.5) is 0 Å². The Morgan fingerprint density at radius 3 is 2.65 bits per heavy atom. The summed E-state index contributed by atoms with van der Waals surface area (Å²) >= 11 is 1.66. The minimum absolute atomic E-state index is 0.0497. The Kier molecular flexibility index (Phi) is 5.06. The van der Waals surface area contributed by atoms with E-state index in [-0.39, 0.29) is 17.7 Å². The van der Waals surface area contributed by atoms with Crippen molar-refractivity contribution >= 4 is 23.6 Å². The van der Waals surface area contributed by atoms with E-state index in [1.165, 1.54) is 0 Å². The third kappa shape index (κ3) is 3.54. The third-order valence-electron chi connectivity index (χ3n) is 3.66. The number of carbonyl (C=O) groups is 2. The highest BCUT2D eigenvalue weighted by molar-refractivity contribution is 7.98. The maximum Gasteiger partial charge on any atom is 0.253 e. The topological polar surface area (TPSA) is 49.4 Å². The van der Waals surface area contributed by atoms with Gasteiger partial charge >= 0.3 is 0 Å². The number of nitrogens with one attached hydrogen (secondary N) is 1. The average Bonchev–Trinajstić information content (AvgIpc) is 2.95. The number of hydrogen-bond donors (Lipinski definition) is 1. The van der Waals surface area contributed by atoms with Crippen LogP contribution in [-0.2, 0) is 4.79 Å². The van der Waals surface area contributed by atoms with Gasteiger partial charge in [0.2, 0.25) is 5.91 Å². The van der Waals surface area contributed by atoms with E-state index in [2.05, 4.69) is 5.32 Å². The van der Waals surface area contributed by atoms with Crippen molar-refractivity contribution in [2.45, 2.75) is 17.7 Å². The van der Waals surface area contributed by atoms with Gasteiger partial charge in [0.05, 0.1) is 0 Å². The summed E-state index contributed by atoms with van der Waals surface area (Å²) in [4.78, 5) is 26.7. The second-order valence-electron chi connectivity index (χ2n) is 5.01. The Bertz CT molecular complexity index is 487.